The highest BCUT2D eigenvalue weighted by Crippen LogP contribution is 2.11. The largest absolute Gasteiger partial charge is 0.360 e. The molecule has 104 valence electrons. The van der Waals surface area contributed by atoms with Gasteiger partial charge in [-0.25, -0.2) is 0 Å². The molecular formula is C17H14N2O2. The lowest BCUT2D eigenvalue weighted by Gasteiger charge is -2.06. The first kappa shape index (κ1) is 13.1. The van der Waals surface area contributed by atoms with Gasteiger partial charge in [0.1, 0.15) is 5.56 Å². The highest BCUT2D eigenvalue weighted by Gasteiger charge is 2.12. The molecule has 0 aliphatic heterocycles. The van der Waals surface area contributed by atoms with Crippen LogP contribution >= 0.6 is 0 Å². The average Bonchev–Trinajstić information content (AvgIpc) is 2.50. The van der Waals surface area contributed by atoms with Crippen molar-refractivity contribution < 1.29 is 4.79 Å². The van der Waals surface area contributed by atoms with Gasteiger partial charge in [-0.2, -0.15) is 0 Å². The number of aryl methyl sites for hydroxylation is 1. The number of para-hydroxylation sites is 1. The summed E-state index contributed by atoms with van der Waals surface area (Å²) in [5.74, 6) is -0.411. The number of pyridine rings is 1. The number of benzene rings is 2. The molecule has 0 unspecified atom stereocenters. The number of hydrogen-bond acceptors (Lipinski definition) is 2. The Hall–Kier alpha value is -2.88. The third-order valence-corrected chi connectivity index (χ3v) is 3.34. The number of nitrogens with one attached hydrogen (secondary N) is 2. The number of carbonyl (C=O) groups is 1. The number of aromatic nitrogens is 1. The predicted octanol–water partition coefficient (Wildman–Crippen LogP) is 3.09. The molecule has 0 saturated heterocycles. The Labute approximate surface area is 121 Å². The van der Waals surface area contributed by atoms with E-state index in [1.807, 2.05) is 37.3 Å². The maximum atomic E-state index is 12.3. The molecule has 0 spiro atoms. The Bertz CT molecular complexity index is 864. The molecule has 21 heavy (non-hydrogen) atoms. The molecule has 0 bridgehead atoms. The van der Waals surface area contributed by atoms with E-state index < -0.39 is 5.91 Å². The van der Waals surface area contributed by atoms with Crippen molar-refractivity contribution in [2.24, 2.45) is 0 Å². The van der Waals surface area contributed by atoms with Crippen LogP contribution in [-0.4, -0.2) is 10.9 Å². The third-order valence-electron chi connectivity index (χ3n) is 3.34. The quantitative estimate of drug-likeness (QED) is 0.756. The molecule has 0 radical (unpaired) electrons. The maximum absolute atomic E-state index is 12.3. The molecule has 1 aromatic heterocycles. The Kier molecular flexibility index (Phi) is 3.28. The summed E-state index contributed by atoms with van der Waals surface area (Å²) in [4.78, 5) is 27.5. The zero-order valence-electron chi connectivity index (χ0n) is 11.5. The number of anilines is 1. The van der Waals surface area contributed by atoms with E-state index in [2.05, 4.69) is 10.3 Å². The lowest BCUT2D eigenvalue weighted by molar-refractivity contribution is 0.102. The number of hydrogen-bond donors (Lipinski definition) is 2. The molecule has 3 rings (SSSR count). The summed E-state index contributed by atoms with van der Waals surface area (Å²) in [5.41, 5.74) is 2.33. The number of fused-ring (bicyclic) bond motifs is 1. The van der Waals surface area contributed by atoms with Crippen molar-refractivity contribution in [3.63, 3.8) is 0 Å². The second-order valence-electron chi connectivity index (χ2n) is 4.90. The summed E-state index contributed by atoms with van der Waals surface area (Å²) in [5, 5.41) is 3.24. The minimum Gasteiger partial charge on any atom is -0.360 e. The van der Waals surface area contributed by atoms with Crippen molar-refractivity contribution in [1.82, 2.24) is 4.98 Å². The van der Waals surface area contributed by atoms with Gasteiger partial charge < -0.3 is 10.3 Å². The van der Waals surface area contributed by atoms with Crippen molar-refractivity contribution in [2.75, 3.05) is 5.32 Å². The van der Waals surface area contributed by atoms with E-state index in [1.165, 1.54) is 6.20 Å². The van der Waals surface area contributed by atoms with Gasteiger partial charge in [-0.1, -0.05) is 29.8 Å². The van der Waals surface area contributed by atoms with Crippen molar-refractivity contribution in [2.45, 2.75) is 6.92 Å². The molecule has 1 amide bonds. The van der Waals surface area contributed by atoms with Gasteiger partial charge in [0.05, 0.1) is 0 Å². The number of aromatic amines is 1. The molecule has 0 saturated carbocycles. The van der Waals surface area contributed by atoms with Gasteiger partial charge in [0.15, 0.2) is 0 Å². The third kappa shape index (κ3) is 2.56. The van der Waals surface area contributed by atoms with E-state index in [0.29, 0.717) is 11.1 Å². The second-order valence-corrected chi connectivity index (χ2v) is 4.90. The number of amides is 1. The fourth-order valence-corrected chi connectivity index (χ4v) is 2.17. The fourth-order valence-electron chi connectivity index (χ4n) is 2.17. The van der Waals surface area contributed by atoms with Gasteiger partial charge in [-0.3, -0.25) is 9.59 Å². The molecular weight excluding hydrogens is 264 g/mol. The zero-order valence-corrected chi connectivity index (χ0v) is 11.5. The van der Waals surface area contributed by atoms with Gasteiger partial charge in [0, 0.05) is 22.8 Å². The van der Waals surface area contributed by atoms with Gasteiger partial charge in [-0.15, -0.1) is 0 Å². The topological polar surface area (TPSA) is 62.0 Å². The summed E-state index contributed by atoms with van der Waals surface area (Å²) < 4.78 is 0. The van der Waals surface area contributed by atoms with Gasteiger partial charge in [0.2, 0.25) is 5.43 Å². The Morgan fingerprint density at radius 2 is 1.76 bits per heavy atom. The first-order valence-electron chi connectivity index (χ1n) is 6.63. The molecule has 1 heterocycles. The van der Waals surface area contributed by atoms with Gasteiger partial charge >= 0.3 is 0 Å². The molecule has 4 nitrogen and oxygen atoms in total. The summed E-state index contributed by atoms with van der Waals surface area (Å²) in [6.07, 6.45) is 1.45. The summed E-state index contributed by atoms with van der Waals surface area (Å²) >= 11 is 0. The van der Waals surface area contributed by atoms with Crippen LogP contribution in [0.15, 0.2) is 59.5 Å². The first-order chi connectivity index (χ1) is 10.1. The normalized spacial score (nSPS) is 10.5. The lowest BCUT2D eigenvalue weighted by Crippen LogP contribution is -2.21. The molecule has 3 aromatic rings. The molecule has 2 aromatic carbocycles. The number of rotatable bonds is 2. The van der Waals surface area contributed by atoms with E-state index in [-0.39, 0.29) is 11.0 Å². The Morgan fingerprint density at radius 1 is 1.05 bits per heavy atom. The Balaban J connectivity index is 1.96. The van der Waals surface area contributed by atoms with Crippen molar-refractivity contribution >= 4 is 22.5 Å². The van der Waals surface area contributed by atoms with Crippen molar-refractivity contribution in [1.29, 1.82) is 0 Å². The smallest absolute Gasteiger partial charge is 0.261 e. The number of H-pyrrole nitrogens is 1. The maximum Gasteiger partial charge on any atom is 0.261 e. The molecule has 0 aliphatic carbocycles. The van der Waals surface area contributed by atoms with Crippen LogP contribution in [0.3, 0.4) is 0 Å². The lowest BCUT2D eigenvalue weighted by atomic mass is 10.1. The highest BCUT2D eigenvalue weighted by atomic mass is 16.2. The SMILES string of the molecule is Cc1ccc(NC(=O)c2c[nH]c3ccccc3c2=O)cc1. The monoisotopic (exact) mass is 278 g/mol. The standard InChI is InChI=1S/C17H14N2O2/c1-11-6-8-12(9-7-11)19-17(21)14-10-18-15-5-3-2-4-13(15)16(14)20/h2-10H,1H3,(H,18,20)(H,19,21). The van der Waals surface area contributed by atoms with E-state index in [0.717, 1.165) is 11.1 Å². The van der Waals surface area contributed by atoms with Crippen LogP contribution in [0.4, 0.5) is 5.69 Å². The minimum atomic E-state index is -0.411. The van der Waals surface area contributed by atoms with Gasteiger partial charge in [-0.05, 0) is 31.2 Å². The Morgan fingerprint density at radius 3 is 2.52 bits per heavy atom. The average molecular weight is 278 g/mol. The van der Waals surface area contributed by atoms with Gasteiger partial charge in [0.25, 0.3) is 5.91 Å². The highest BCUT2D eigenvalue weighted by molar-refractivity contribution is 6.05. The van der Waals surface area contributed by atoms with Crippen molar-refractivity contribution in [3.05, 3.63) is 76.1 Å². The fraction of sp³-hybridized carbons (Fsp3) is 0.0588. The predicted molar refractivity (Wildman–Crippen MR) is 83.7 cm³/mol. The summed E-state index contributed by atoms with van der Waals surface area (Å²) in [7, 11) is 0. The number of carbonyl (C=O) groups excluding carboxylic acids is 1. The van der Waals surface area contributed by atoms with Crippen LogP contribution in [-0.2, 0) is 0 Å². The molecule has 0 fully saturated rings. The minimum absolute atomic E-state index is 0.106. The zero-order chi connectivity index (χ0) is 14.8. The summed E-state index contributed by atoms with van der Waals surface area (Å²) in [6, 6.07) is 14.5. The van der Waals surface area contributed by atoms with Crippen molar-refractivity contribution in [3.8, 4) is 0 Å². The second kappa shape index (κ2) is 5.25. The molecule has 2 N–H and O–H groups in total. The molecule has 0 aliphatic rings. The first-order valence-corrected chi connectivity index (χ1v) is 6.63. The van der Waals surface area contributed by atoms with E-state index in [1.54, 1.807) is 18.2 Å². The van der Waals surface area contributed by atoms with Crippen LogP contribution in [0.1, 0.15) is 15.9 Å². The van der Waals surface area contributed by atoms with Crippen LogP contribution in [0.2, 0.25) is 0 Å². The van der Waals surface area contributed by atoms with Crippen LogP contribution in [0, 0.1) is 6.92 Å². The van der Waals surface area contributed by atoms with Crippen LogP contribution < -0.4 is 10.7 Å². The van der Waals surface area contributed by atoms with E-state index in [4.69, 9.17) is 0 Å². The van der Waals surface area contributed by atoms with Crippen LogP contribution in [0.25, 0.3) is 10.9 Å². The van der Waals surface area contributed by atoms with E-state index >= 15 is 0 Å². The van der Waals surface area contributed by atoms with E-state index in [9.17, 15) is 9.59 Å². The summed E-state index contributed by atoms with van der Waals surface area (Å²) in [6.45, 7) is 1.97. The molecule has 0 atom stereocenters. The van der Waals surface area contributed by atoms with Crippen LogP contribution in [0.5, 0.6) is 0 Å². The molecule has 4 heteroatoms.